The Morgan fingerprint density at radius 1 is 0.970 bits per heavy atom. The second kappa shape index (κ2) is 9.73. The number of hydrogen-bond donors (Lipinski definition) is 3. The van der Waals surface area contributed by atoms with Crippen LogP contribution in [-0.2, 0) is 0 Å². The molecule has 1 aliphatic rings. The van der Waals surface area contributed by atoms with Crippen molar-refractivity contribution in [3.8, 4) is 0 Å². The molecular formula is C26H28N6O. The van der Waals surface area contributed by atoms with E-state index in [2.05, 4.69) is 26.0 Å². The maximum Gasteiger partial charge on any atom is 0.255 e. The fourth-order valence-electron chi connectivity index (χ4n) is 4.32. The number of imidazole rings is 1. The molecule has 1 saturated carbocycles. The van der Waals surface area contributed by atoms with Gasteiger partial charge in [0.1, 0.15) is 5.82 Å². The van der Waals surface area contributed by atoms with Crippen LogP contribution in [0.15, 0.2) is 73.1 Å². The molecular weight excluding hydrogens is 412 g/mol. The third kappa shape index (κ3) is 5.14. The highest BCUT2D eigenvalue weighted by molar-refractivity contribution is 6.04. The summed E-state index contributed by atoms with van der Waals surface area (Å²) in [6.07, 6.45) is 10.2. The van der Waals surface area contributed by atoms with Crippen molar-refractivity contribution in [3.05, 3.63) is 78.6 Å². The van der Waals surface area contributed by atoms with Gasteiger partial charge >= 0.3 is 0 Å². The first-order valence-corrected chi connectivity index (χ1v) is 11.6. The molecule has 0 saturated heterocycles. The molecule has 3 N–H and O–H groups in total. The number of aromatic nitrogens is 3. The molecule has 1 amide bonds. The number of nitrogens with one attached hydrogen (secondary N) is 3. The van der Waals surface area contributed by atoms with Gasteiger partial charge < -0.3 is 16.0 Å². The van der Waals surface area contributed by atoms with E-state index < -0.39 is 0 Å². The number of fused-ring (bicyclic) bond motifs is 1. The van der Waals surface area contributed by atoms with E-state index in [1.165, 1.54) is 32.1 Å². The maximum absolute atomic E-state index is 12.4. The number of rotatable bonds is 7. The minimum atomic E-state index is -0.127. The van der Waals surface area contributed by atoms with Crippen molar-refractivity contribution in [2.24, 2.45) is 5.92 Å². The molecule has 4 aromatic rings. The normalized spacial score (nSPS) is 14.2. The van der Waals surface area contributed by atoms with Crippen molar-refractivity contribution >= 4 is 34.4 Å². The molecule has 2 aromatic heterocycles. The zero-order chi connectivity index (χ0) is 22.5. The standard InChI is InChI=1S/C26H28N6O/c33-26(20-9-5-2-6-10-20)30-22-13-11-21(12-14-22)29-23-17-24(31-32-16-15-27-25(23)32)28-18-19-7-3-1-4-8-19/h2,5-6,9-17,19,29H,1,3-4,7-8,18H2,(H,28,31)(H,30,33). The molecule has 2 aromatic carbocycles. The highest BCUT2D eigenvalue weighted by Gasteiger charge is 2.14. The number of carbonyl (C=O) groups is 1. The van der Waals surface area contributed by atoms with Crippen LogP contribution in [0.3, 0.4) is 0 Å². The molecule has 7 heteroatoms. The Kier molecular flexibility index (Phi) is 6.19. The summed E-state index contributed by atoms with van der Waals surface area (Å²) < 4.78 is 1.79. The molecule has 0 unspecified atom stereocenters. The van der Waals surface area contributed by atoms with Crippen LogP contribution in [-0.4, -0.2) is 27.0 Å². The van der Waals surface area contributed by atoms with Crippen LogP contribution in [0.25, 0.3) is 5.65 Å². The van der Waals surface area contributed by atoms with Crippen molar-refractivity contribution in [2.75, 3.05) is 22.5 Å². The molecule has 5 rings (SSSR count). The van der Waals surface area contributed by atoms with Crippen molar-refractivity contribution < 1.29 is 4.79 Å². The predicted octanol–water partition coefficient (Wildman–Crippen LogP) is 5.72. The summed E-state index contributed by atoms with van der Waals surface area (Å²) in [5.74, 6) is 1.42. The van der Waals surface area contributed by atoms with Crippen molar-refractivity contribution in [1.29, 1.82) is 0 Å². The molecule has 1 aliphatic carbocycles. The van der Waals surface area contributed by atoms with E-state index in [0.29, 0.717) is 11.5 Å². The van der Waals surface area contributed by atoms with Gasteiger partial charge in [0.15, 0.2) is 5.65 Å². The molecule has 33 heavy (non-hydrogen) atoms. The van der Waals surface area contributed by atoms with Crippen LogP contribution >= 0.6 is 0 Å². The van der Waals surface area contributed by atoms with Crippen LogP contribution in [0.2, 0.25) is 0 Å². The molecule has 0 spiro atoms. The van der Waals surface area contributed by atoms with Gasteiger partial charge in [-0.25, -0.2) is 9.50 Å². The smallest absolute Gasteiger partial charge is 0.255 e. The van der Waals surface area contributed by atoms with E-state index in [9.17, 15) is 4.79 Å². The Morgan fingerprint density at radius 2 is 1.73 bits per heavy atom. The van der Waals surface area contributed by atoms with E-state index in [4.69, 9.17) is 0 Å². The highest BCUT2D eigenvalue weighted by Crippen LogP contribution is 2.26. The largest absolute Gasteiger partial charge is 0.368 e. The van der Waals surface area contributed by atoms with Crippen molar-refractivity contribution in [1.82, 2.24) is 14.6 Å². The second-order valence-corrected chi connectivity index (χ2v) is 8.55. The molecule has 2 heterocycles. The average molecular weight is 441 g/mol. The van der Waals surface area contributed by atoms with Gasteiger partial charge in [0.25, 0.3) is 5.91 Å². The number of carbonyl (C=O) groups excluding carboxylic acids is 1. The Labute approximate surface area is 193 Å². The predicted molar refractivity (Wildman–Crippen MR) is 132 cm³/mol. The lowest BCUT2D eigenvalue weighted by Gasteiger charge is -2.22. The molecule has 0 bridgehead atoms. The zero-order valence-corrected chi connectivity index (χ0v) is 18.5. The van der Waals surface area contributed by atoms with Crippen molar-refractivity contribution in [3.63, 3.8) is 0 Å². The lowest BCUT2D eigenvalue weighted by atomic mass is 9.89. The summed E-state index contributed by atoms with van der Waals surface area (Å²) in [4.78, 5) is 16.8. The van der Waals surface area contributed by atoms with E-state index in [1.54, 1.807) is 22.8 Å². The number of amides is 1. The summed E-state index contributed by atoms with van der Waals surface area (Å²) in [6, 6.07) is 18.8. The molecule has 7 nitrogen and oxygen atoms in total. The maximum atomic E-state index is 12.4. The Balaban J connectivity index is 1.28. The fourth-order valence-corrected chi connectivity index (χ4v) is 4.32. The first-order valence-electron chi connectivity index (χ1n) is 11.6. The average Bonchev–Trinajstić information content (AvgIpc) is 3.34. The van der Waals surface area contributed by atoms with Crippen LogP contribution in [0, 0.1) is 5.92 Å². The van der Waals surface area contributed by atoms with Crippen LogP contribution in [0.1, 0.15) is 42.5 Å². The zero-order valence-electron chi connectivity index (χ0n) is 18.5. The van der Waals surface area contributed by atoms with Gasteiger partial charge in [-0.1, -0.05) is 37.5 Å². The van der Waals surface area contributed by atoms with Gasteiger partial charge in [-0.05, 0) is 55.2 Å². The highest BCUT2D eigenvalue weighted by atomic mass is 16.1. The summed E-state index contributed by atoms with van der Waals surface area (Å²) in [6.45, 7) is 0.947. The van der Waals surface area contributed by atoms with E-state index in [-0.39, 0.29) is 5.91 Å². The Morgan fingerprint density at radius 3 is 2.52 bits per heavy atom. The summed E-state index contributed by atoms with van der Waals surface area (Å²) in [7, 11) is 0. The first kappa shape index (κ1) is 21.0. The van der Waals surface area contributed by atoms with E-state index in [0.717, 1.165) is 35.1 Å². The van der Waals surface area contributed by atoms with Gasteiger partial charge in [0, 0.05) is 41.9 Å². The summed E-state index contributed by atoms with van der Waals surface area (Å²) in [5, 5.41) is 14.6. The number of hydrogen-bond acceptors (Lipinski definition) is 5. The number of nitrogens with zero attached hydrogens (tertiary/aromatic N) is 3. The van der Waals surface area contributed by atoms with Gasteiger partial charge in [0.05, 0.1) is 5.69 Å². The molecule has 0 atom stereocenters. The first-order chi connectivity index (χ1) is 16.2. The minimum Gasteiger partial charge on any atom is -0.368 e. The summed E-state index contributed by atoms with van der Waals surface area (Å²) in [5.41, 5.74) is 3.92. The summed E-state index contributed by atoms with van der Waals surface area (Å²) >= 11 is 0. The molecule has 0 aliphatic heterocycles. The SMILES string of the molecule is O=C(Nc1ccc(Nc2cc(NCC3CCCCC3)nn3ccnc23)cc1)c1ccccc1. The second-order valence-electron chi connectivity index (χ2n) is 8.55. The topological polar surface area (TPSA) is 83.4 Å². The van der Waals surface area contributed by atoms with E-state index in [1.807, 2.05) is 54.7 Å². The van der Waals surface area contributed by atoms with Gasteiger partial charge in [-0.3, -0.25) is 4.79 Å². The Hall–Kier alpha value is -3.87. The molecule has 168 valence electrons. The van der Waals surface area contributed by atoms with Gasteiger partial charge in [-0.2, -0.15) is 0 Å². The van der Waals surface area contributed by atoms with Gasteiger partial charge in [0.2, 0.25) is 0 Å². The Bertz CT molecular complexity index is 1210. The quantitative estimate of drug-likeness (QED) is 0.342. The number of benzene rings is 2. The lowest BCUT2D eigenvalue weighted by Crippen LogP contribution is -2.18. The fraction of sp³-hybridized carbons (Fsp3) is 0.269. The molecule has 1 fully saturated rings. The number of anilines is 4. The molecule has 0 radical (unpaired) electrons. The van der Waals surface area contributed by atoms with Crippen LogP contribution in [0.4, 0.5) is 22.9 Å². The minimum absolute atomic E-state index is 0.127. The third-order valence-electron chi connectivity index (χ3n) is 6.11. The third-order valence-corrected chi connectivity index (χ3v) is 6.11. The van der Waals surface area contributed by atoms with Crippen LogP contribution < -0.4 is 16.0 Å². The van der Waals surface area contributed by atoms with Crippen LogP contribution in [0.5, 0.6) is 0 Å². The van der Waals surface area contributed by atoms with E-state index >= 15 is 0 Å². The van der Waals surface area contributed by atoms with Gasteiger partial charge in [-0.15, -0.1) is 5.10 Å². The monoisotopic (exact) mass is 440 g/mol. The van der Waals surface area contributed by atoms with Crippen molar-refractivity contribution in [2.45, 2.75) is 32.1 Å². The lowest BCUT2D eigenvalue weighted by molar-refractivity contribution is 0.102.